The molecule has 0 radical (unpaired) electrons. The minimum Gasteiger partial charge on any atom is -0.503 e. The molecule has 1 atom stereocenters. The molecule has 2 amide bonds. The number of amides is 2. The standard InChI is InChI=1S/C21H20N2O5/c1-12(24)18-19(14-4-10-17(28-3)11-5-14)23(21(27)20(18)26)16-8-6-15(7-9-16)22-13(2)25/h4-11,19,26H,1-3H3,(H,22,25)/t19-/m0/s1. The Morgan fingerprint density at radius 1 is 1.04 bits per heavy atom. The lowest BCUT2D eigenvalue weighted by molar-refractivity contribution is -0.117. The van der Waals surface area contributed by atoms with Gasteiger partial charge in [-0.05, 0) is 48.9 Å². The number of aliphatic hydroxyl groups is 1. The van der Waals surface area contributed by atoms with Gasteiger partial charge in [-0.1, -0.05) is 12.1 Å². The number of Topliss-reactive ketones (excluding diaryl/α,β-unsaturated/α-hetero) is 1. The highest BCUT2D eigenvalue weighted by atomic mass is 16.5. The summed E-state index contributed by atoms with van der Waals surface area (Å²) in [6.45, 7) is 2.72. The molecule has 0 aromatic heterocycles. The number of hydrogen-bond donors (Lipinski definition) is 2. The van der Waals surface area contributed by atoms with Crippen LogP contribution in [0.25, 0.3) is 0 Å². The van der Waals surface area contributed by atoms with Gasteiger partial charge in [-0.2, -0.15) is 0 Å². The summed E-state index contributed by atoms with van der Waals surface area (Å²) in [6, 6.07) is 12.8. The maximum Gasteiger partial charge on any atom is 0.294 e. The molecule has 0 saturated heterocycles. The molecule has 3 rings (SSSR count). The second-order valence-electron chi connectivity index (χ2n) is 6.40. The van der Waals surface area contributed by atoms with Crippen LogP contribution in [0.4, 0.5) is 11.4 Å². The lowest BCUT2D eigenvalue weighted by Crippen LogP contribution is -2.30. The van der Waals surface area contributed by atoms with Gasteiger partial charge in [0.25, 0.3) is 5.91 Å². The molecule has 7 heteroatoms. The van der Waals surface area contributed by atoms with Gasteiger partial charge in [0.2, 0.25) is 5.91 Å². The number of benzene rings is 2. The molecule has 0 unspecified atom stereocenters. The number of anilines is 2. The maximum atomic E-state index is 12.8. The van der Waals surface area contributed by atoms with E-state index in [1.54, 1.807) is 55.6 Å². The van der Waals surface area contributed by atoms with Crippen LogP contribution in [0.15, 0.2) is 59.9 Å². The normalized spacial score (nSPS) is 16.3. The molecule has 0 saturated carbocycles. The van der Waals surface area contributed by atoms with Crippen molar-refractivity contribution < 1.29 is 24.2 Å². The van der Waals surface area contributed by atoms with Gasteiger partial charge in [0.1, 0.15) is 5.75 Å². The number of carbonyl (C=O) groups excluding carboxylic acids is 3. The molecule has 0 aliphatic carbocycles. The first kappa shape index (κ1) is 19.2. The van der Waals surface area contributed by atoms with Crippen LogP contribution in [-0.2, 0) is 14.4 Å². The van der Waals surface area contributed by atoms with Gasteiger partial charge in [-0.3, -0.25) is 19.3 Å². The van der Waals surface area contributed by atoms with Crippen LogP contribution in [0.3, 0.4) is 0 Å². The molecule has 0 spiro atoms. The number of ketones is 1. The van der Waals surface area contributed by atoms with Crippen LogP contribution in [0.5, 0.6) is 5.75 Å². The van der Waals surface area contributed by atoms with E-state index in [2.05, 4.69) is 5.32 Å². The highest BCUT2D eigenvalue weighted by Gasteiger charge is 2.43. The van der Waals surface area contributed by atoms with Crippen LogP contribution in [0.2, 0.25) is 0 Å². The predicted octanol–water partition coefficient (Wildman–Crippen LogP) is 3.14. The number of nitrogens with zero attached hydrogens (tertiary/aromatic N) is 1. The minimum atomic E-state index is -0.762. The van der Waals surface area contributed by atoms with Crippen LogP contribution >= 0.6 is 0 Å². The van der Waals surface area contributed by atoms with E-state index in [0.717, 1.165) is 0 Å². The van der Waals surface area contributed by atoms with Gasteiger partial charge in [0.05, 0.1) is 18.7 Å². The SMILES string of the molecule is COc1ccc([C@H]2C(C(C)=O)=C(O)C(=O)N2c2ccc(NC(C)=O)cc2)cc1. The molecule has 7 nitrogen and oxygen atoms in total. The first-order valence-corrected chi connectivity index (χ1v) is 8.62. The molecule has 2 aromatic rings. The van der Waals surface area contributed by atoms with Gasteiger partial charge in [0, 0.05) is 18.3 Å². The first-order valence-electron chi connectivity index (χ1n) is 8.62. The van der Waals surface area contributed by atoms with Crippen molar-refractivity contribution in [2.75, 3.05) is 17.3 Å². The molecular weight excluding hydrogens is 360 g/mol. The number of carbonyl (C=O) groups is 3. The third-order valence-electron chi connectivity index (χ3n) is 4.48. The topological polar surface area (TPSA) is 95.9 Å². The van der Waals surface area contributed by atoms with Crippen molar-refractivity contribution in [3.05, 3.63) is 65.4 Å². The summed E-state index contributed by atoms with van der Waals surface area (Å²) in [5.41, 5.74) is 1.77. The van der Waals surface area contributed by atoms with Gasteiger partial charge >= 0.3 is 0 Å². The summed E-state index contributed by atoms with van der Waals surface area (Å²) in [6.07, 6.45) is 0. The van der Waals surface area contributed by atoms with E-state index in [4.69, 9.17) is 4.74 Å². The van der Waals surface area contributed by atoms with Crippen molar-refractivity contribution >= 4 is 29.0 Å². The average molecular weight is 380 g/mol. The molecule has 144 valence electrons. The maximum absolute atomic E-state index is 12.8. The fraction of sp³-hybridized carbons (Fsp3) is 0.190. The molecule has 0 bridgehead atoms. The number of ether oxygens (including phenoxy) is 1. The highest BCUT2D eigenvalue weighted by Crippen LogP contribution is 2.41. The van der Waals surface area contributed by atoms with Crippen LogP contribution in [-0.4, -0.2) is 29.8 Å². The zero-order valence-electron chi connectivity index (χ0n) is 15.7. The molecule has 1 aliphatic heterocycles. The summed E-state index contributed by atoms with van der Waals surface area (Å²) in [4.78, 5) is 37.5. The number of nitrogens with one attached hydrogen (secondary N) is 1. The Kier molecular flexibility index (Phi) is 5.17. The Morgan fingerprint density at radius 3 is 2.14 bits per heavy atom. The van der Waals surface area contributed by atoms with E-state index in [1.807, 2.05) is 0 Å². The largest absolute Gasteiger partial charge is 0.503 e. The highest BCUT2D eigenvalue weighted by molar-refractivity contribution is 6.16. The van der Waals surface area contributed by atoms with Crippen molar-refractivity contribution in [1.82, 2.24) is 0 Å². The monoisotopic (exact) mass is 380 g/mol. The van der Waals surface area contributed by atoms with Crippen molar-refractivity contribution in [3.63, 3.8) is 0 Å². The zero-order chi connectivity index (χ0) is 20.4. The van der Waals surface area contributed by atoms with Crippen molar-refractivity contribution in [3.8, 4) is 5.75 Å². The number of methoxy groups -OCH3 is 1. The van der Waals surface area contributed by atoms with E-state index in [9.17, 15) is 19.5 Å². The third-order valence-corrected chi connectivity index (χ3v) is 4.48. The van der Waals surface area contributed by atoms with E-state index >= 15 is 0 Å². The Labute approximate surface area is 162 Å². The number of aliphatic hydroxyl groups excluding tert-OH is 1. The predicted molar refractivity (Wildman–Crippen MR) is 104 cm³/mol. The molecule has 1 aliphatic rings. The second kappa shape index (κ2) is 7.56. The smallest absolute Gasteiger partial charge is 0.294 e. The summed E-state index contributed by atoms with van der Waals surface area (Å²) in [7, 11) is 1.55. The molecule has 1 heterocycles. The lowest BCUT2D eigenvalue weighted by Gasteiger charge is -2.27. The quantitative estimate of drug-likeness (QED) is 0.831. The van der Waals surface area contributed by atoms with Gasteiger partial charge < -0.3 is 15.2 Å². The fourth-order valence-electron chi connectivity index (χ4n) is 3.24. The zero-order valence-corrected chi connectivity index (χ0v) is 15.7. The minimum absolute atomic E-state index is 0.0427. The molecule has 2 aromatic carbocycles. The first-order chi connectivity index (χ1) is 13.3. The Balaban J connectivity index is 2.06. The number of rotatable bonds is 5. The lowest BCUT2D eigenvalue weighted by atomic mass is 9.96. The summed E-state index contributed by atoms with van der Waals surface area (Å²) < 4.78 is 5.16. The fourth-order valence-corrected chi connectivity index (χ4v) is 3.24. The molecule has 2 N–H and O–H groups in total. The number of hydrogen-bond acceptors (Lipinski definition) is 5. The Hall–Kier alpha value is -3.61. The van der Waals surface area contributed by atoms with Crippen LogP contribution in [0, 0.1) is 0 Å². The van der Waals surface area contributed by atoms with Crippen molar-refractivity contribution in [1.29, 1.82) is 0 Å². The molecule has 28 heavy (non-hydrogen) atoms. The Morgan fingerprint density at radius 2 is 1.64 bits per heavy atom. The summed E-state index contributed by atoms with van der Waals surface area (Å²) in [5, 5.41) is 13.0. The third kappa shape index (κ3) is 3.46. The van der Waals surface area contributed by atoms with Crippen molar-refractivity contribution in [2.45, 2.75) is 19.9 Å². The van der Waals surface area contributed by atoms with E-state index < -0.39 is 17.7 Å². The molecule has 0 fully saturated rings. The average Bonchev–Trinajstić information content (AvgIpc) is 2.93. The van der Waals surface area contributed by atoms with Gasteiger partial charge in [-0.15, -0.1) is 0 Å². The van der Waals surface area contributed by atoms with Gasteiger partial charge in [0.15, 0.2) is 11.5 Å². The molecular formula is C21H20N2O5. The van der Waals surface area contributed by atoms with E-state index in [0.29, 0.717) is 22.7 Å². The van der Waals surface area contributed by atoms with Crippen LogP contribution < -0.4 is 15.0 Å². The van der Waals surface area contributed by atoms with E-state index in [1.165, 1.54) is 18.7 Å². The van der Waals surface area contributed by atoms with Gasteiger partial charge in [-0.25, -0.2) is 0 Å². The van der Waals surface area contributed by atoms with E-state index in [-0.39, 0.29) is 17.3 Å². The summed E-state index contributed by atoms with van der Waals surface area (Å²) >= 11 is 0. The Bertz CT molecular complexity index is 961. The van der Waals surface area contributed by atoms with Crippen molar-refractivity contribution in [2.24, 2.45) is 0 Å². The summed E-state index contributed by atoms with van der Waals surface area (Å²) in [5.74, 6) is -1.17. The second-order valence-corrected chi connectivity index (χ2v) is 6.40. The van der Waals surface area contributed by atoms with Crippen LogP contribution in [0.1, 0.15) is 25.5 Å².